The molecule has 0 aromatic rings. The van der Waals surface area contributed by atoms with Crippen LogP contribution in [0, 0.1) is 5.92 Å². The number of amides is 1. The molecule has 0 aliphatic carbocycles. The van der Waals surface area contributed by atoms with Gasteiger partial charge in [0, 0.05) is 19.0 Å². The predicted octanol–water partition coefficient (Wildman–Crippen LogP) is 7.08. The molecule has 3 heteroatoms. The molecule has 0 aromatic carbocycles. The SMILES string of the molecule is CCCCCCCCCCCCC(CCCN)C(=O)N(CCCC)CCCC. The molecule has 1 unspecified atom stereocenters. The molecule has 1 atom stereocenters. The summed E-state index contributed by atoms with van der Waals surface area (Å²) < 4.78 is 0. The molecular weight excluding hydrogens is 344 g/mol. The van der Waals surface area contributed by atoms with Gasteiger partial charge in [0.05, 0.1) is 0 Å². The zero-order valence-corrected chi connectivity index (χ0v) is 19.7. The minimum absolute atomic E-state index is 0.200. The van der Waals surface area contributed by atoms with E-state index in [2.05, 4.69) is 25.7 Å². The van der Waals surface area contributed by atoms with E-state index in [9.17, 15) is 4.79 Å². The number of unbranched alkanes of at least 4 members (excludes halogenated alkanes) is 11. The van der Waals surface area contributed by atoms with Crippen molar-refractivity contribution >= 4 is 5.91 Å². The van der Waals surface area contributed by atoms with Gasteiger partial charge in [0.1, 0.15) is 0 Å². The lowest BCUT2D eigenvalue weighted by Gasteiger charge is -2.27. The first-order valence-electron chi connectivity index (χ1n) is 12.7. The predicted molar refractivity (Wildman–Crippen MR) is 125 cm³/mol. The van der Waals surface area contributed by atoms with Gasteiger partial charge < -0.3 is 10.6 Å². The second-order valence-electron chi connectivity index (χ2n) is 8.63. The molecule has 0 aliphatic rings. The third-order valence-corrected chi connectivity index (χ3v) is 5.89. The lowest BCUT2D eigenvalue weighted by molar-refractivity contribution is -0.136. The molecular formula is C25H52N2O. The Morgan fingerprint density at radius 3 is 1.54 bits per heavy atom. The van der Waals surface area contributed by atoms with Crippen LogP contribution in [0.5, 0.6) is 0 Å². The summed E-state index contributed by atoms with van der Waals surface area (Å²) in [4.78, 5) is 15.3. The van der Waals surface area contributed by atoms with Gasteiger partial charge in [-0.2, -0.15) is 0 Å². The van der Waals surface area contributed by atoms with Crippen molar-refractivity contribution in [3.05, 3.63) is 0 Å². The van der Waals surface area contributed by atoms with Gasteiger partial charge >= 0.3 is 0 Å². The Morgan fingerprint density at radius 1 is 0.643 bits per heavy atom. The zero-order valence-electron chi connectivity index (χ0n) is 19.7. The van der Waals surface area contributed by atoms with E-state index in [1.807, 2.05) is 0 Å². The highest BCUT2D eigenvalue weighted by Gasteiger charge is 2.23. The molecule has 3 nitrogen and oxygen atoms in total. The summed E-state index contributed by atoms with van der Waals surface area (Å²) in [6, 6.07) is 0. The van der Waals surface area contributed by atoms with Crippen molar-refractivity contribution in [3.63, 3.8) is 0 Å². The van der Waals surface area contributed by atoms with Crippen LogP contribution in [0.1, 0.15) is 130 Å². The fourth-order valence-corrected chi connectivity index (χ4v) is 3.92. The summed E-state index contributed by atoms with van der Waals surface area (Å²) in [7, 11) is 0. The van der Waals surface area contributed by atoms with E-state index in [4.69, 9.17) is 5.73 Å². The number of nitrogens with two attached hydrogens (primary N) is 1. The summed E-state index contributed by atoms with van der Waals surface area (Å²) in [5.41, 5.74) is 5.74. The first kappa shape index (κ1) is 27.4. The van der Waals surface area contributed by atoms with E-state index < -0.39 is 0 Å². The standard InChI is InChI=1S/C25H52N2O/c1-4-7-10-11-12-13-14-15-16-17-19-24(20-18-21-26)25(28)27(22-8-5-2)23-9-6-3/h24H,4-23,26H2,1-3H3. The molecule has 0 aliphatic heterocycles. The Labute approximate surface area is 177 Å². The number of carbonyl (C=O) groups is 1. The van der Waals surface area contributed by atoms with Crippen molar-refractivity contribution < 1.29 is 4.79 Å². The van der Waals surface area contributed by atoms with Gasteiger partial charge in [-0.15, -0.1) is 0 Å². The molecule has 28 heavy (non-hydrogen) atoms. The van der Waals surface area contributed by atoms with Gasteiger partial charge in [-0.25, -0.2) is 0 Å². The number of nitrogens with zero attached hydrogens (tertiary/aromatic N) is 1. The molecule has 2 N–H and O–H groups in total. The first-order chi connectivity index (χ1) is 13.7. The highest BCUT2D eigenvalue weighted by atomic mass is 16.2. The van der Waals surface area contributed by atoms with Crippen LogP contribution in [0.25, 0.3) is 0 Å². The second-order valence-corrected chi connectivity index (χ2v) is 8.63. The lowest BCUT2D eigenvalue weighted by atomic mass is 9.93. The van der Waals surface area contributed by atoms with E-state index in [1.165, 1.54) is 64.2 Å². The third-order valence-electron chi connectivity index (χ3n) is 5.89. The molecule has 0 radical (unpaired) electrons. The quantitative estimate of drug-likeness (QED) is 0.211. The van der Waals surface area contributed by atoms with E-state index in [1.54, 1.807) is 0 Å². The Hall–Kier alpha value is -0.570. The van der Waals surface area contributed by atoms with Crippen molar-refractivity contribution in [1.29, 1.82) is 0 Å². The van der Waals surface area contributed by atoms with Crippen LogP contribution in [0.4, 0.5) is 0 Å². The molecule has 1 amide bonds. The van der Waals surface area contributed by atoms with Crippen LogP contribution in [0.15, 0.2) is 0 Å². The van der Waals surface area contributed by atoms with Crippen LogP contribution in [0.2, 0.25) is 0 Å². The largest absolute Gasteiger partial charge is 0.342 e. The number of hydrogen-bond acceptors (Lipinski definition) is 2. The summed E-state index contributed by atoms with van der Waals surface area (Å²) in [5.74, 6) is 0.609. The molecule has 0 heterocycles. The van der Waals surface area contributed by atoms with Crippen molar-refractivity contribution in [1.82, 2.24) is 4.90 Å². The van der Waals surface area contributed by atoms with Crippen LogP contribution in [0.3, 0.4) is 0 Å². The molecule has 0 fully saturated rings. The summed E-state index contributed by atoms with van der Waals surface area (Å²) in [5, 5.41) is 0. The topological polar surface area (TPSA) is 46.3 Å². The van der Waals surface area contributed by atoms with Crippen molar-refractivity contribution in [2.45, 2.75) is 130 Å². The summed E-state index contributed by atoms with van der Waals surface area (Å²) >= 11 is 0. The van der Waals surface area contributed by atoms with E-state index in [0.29, 0.717) is 12.5 Å². The molecule has 168 valence electrons. The lowest BCUT2D eigenvalue weighted by Crippen LogP contribution is -2.38. The monoisotopic (exact) mass is 396 g/mol. The Kier molecular flexibility index (Phi) is 20.7. The fourth-order valence-electron chi connectivity index (χ4n) is 3.92. The highest BCUT2D eigenvalue weighted by molar-refractivity contribution is 5.78. The van der Waals surface area contributed by atoms with Crippen molar-refractivity contribution in [2.24, 2.45) is 11.7 Å². The minimum atomic E-state index is 0.200. The fraction of sp³-hybridized carbons (Fsp3) is 0.960. The molecule has 0 saturated heterocycles. The molecule has 0 spiro atoms. The van der Waals surface area contributed by atoms with Crippen LogP contribution >= 0.6 is 0 Å². The molecule has 0 saturated carbocycles. The third kappa shape index (κ3) is 15.4. The van der Waals surface area contributed by atoms with Crippen molar-refractivity contribution in [2.75, 3.05) is 19.6 Å². The van der Waals surface area contributed by atoms with Gasteiger partial charge in [0.15, 0.2) is 0 Å². The summed E-state index contributed by atoms with van der Waals surface area (Å²) in [6.45, 7) is 9.26. The average molecular weight is 397 g/mol. The Morgan fingerprint density at radius 2 is 1.07 bits per heavy atom. The number of hydrogen-bond donors (Lipinski definition) is 1. The Bertz CT molecular complexity index is 325. The van der Waals surface area contributed by atoms with E-state index >= 15 is 0 Å². The maximum atomic E-state index is 13.1. The van der Waals surface area contributed by atoms with Gasteiger partial charge in [-0.05, 0) is 38.6 Å². The zero-order chi connectivity index (χ0) is 20.9. The van der Waals surface area contributed by atoms with E-state index in [0.717, 1.165) is 58.0 Å². The molecule has 0 bridgehead atoms. The maximum Gasteiger partial charge on any atom is 0.225 e. The van der Waals surface area contributed by atoms with Crippen LogP contribution in [-0.2, 0) is 4.79 Å². The summed E-state index contributed by atoms with van der Waals surface area (Å²) in [6.07, 6.45) is 21.1. The second kappa shape index (κ2) is 21.1. The number of carbonyl (C=O) groups excluding carboxylic acids is 1. The van der Waals surface area contributed by atoms with Gasteiger partial charge in [0.2, 0.25) is 5.91 Å². The van der Waals surface area contributed by atoms with Gasteiger partial charge in [0.25, 0.3) is 0 Å². The first-order valence-corrected chi connectivity index (χ1v) is 12.7. The molecule has 0 aromatic heterocycles. The Balaban J connectivity index is 4.19. The molecule has 0 rings (SSSR count). The number of rotatable bonds is 21. The normalized spacial score (nSPS) is 12.3. The maximum absolute atomic E-state index is 13.1. The van der Waals surface area contributed by atoms with E-state index in [-0.39, 0.29) is 5.92 Å². The minimum Gasteiger partial charge on any atom is -0.342 e. The van der Waals surface area contributed by atoms with Crippen LogP contribution in [-0.4, -0.2) is 30.4 Å². The van der Waals surface area contributed by atoms with Crippen LogP contribution < -0.4 is 5.73 Å². The average Bonchev–Trinajstić information content (AvgIpc) is 2.71. The smallest absolute Gasteiger partial charge is 0.225 e. The van der Waals surface area contributed by atoms with Gasteiger partial charge in [-0.1, -0.05) is 97.8 Å². The van der Waals surface area contributed by atoms with Crippen molar-refractivity contribution in [3.8, 4) is 0 Å². The highest BCUT2D eigenvalue weighted by Crippen LogP contribution is 2.20. The van der Waals surface area contributed by atoms with Gasteiger partial charge in [-0.3, -0.25) is 4.79 Å².